The zero-order chi connectivity index (χ0) is 12.7. The number of alkyl halides is 5. The third-order valence-electron chi connectivity index (χ3n) is 1.79. The molecule has 8 heteroatoms. The van der Waals surface area contributed by atoms with E-state index >= 15 is 0 Å². The Morgan fingerprint density at radius 3 is 2.12 bits per heavy atom. The van der Waals surface area contributed by atoms with Gasteiger partial charge in [0.25, 0.3) is 0 Å². The van der Waals surface area contributed by atoms with Crippen LogP contribution in [0.4, 0.5) is 22.0 Å². The van der Waals surface area contributed by atoms with E-state index in [9.17, 15) is 25.0 Å². The molecule has 0 amide bonds. The van der Waals surface area contributed by atoms with Gasteiger partial charge in [-0.25, -0.2) is 0 Å². The number of halogens is 5. The van der Waals surface area contributed by atoms with Gasteiger partial charge in [0.05, 0.1) is 0 Å². The van der Waals surface area contributed by atoms with Crippen molar-refractivity contribution in [3.8, 4) is 0 Å². The molecule has 2 nitrogen and oxygen atoms in total. The normalized spacial score (nSPS) is 17.2. The molecule has 0 saturated heterocycles. The van der Waals surface area contributed by atoms with Gasteiger partial charge < -0.3 is 0 Å². The number of rotatable bonds is 8. The summed E-state index contributed by atoms with van der Waals surface area (Å²) in [5, 5.41) is 0. The number of hydrogen-bond donors (Lipinski definition) is 0. The topological polar surface area (TPSA) is 26.3 Å². The molecule has 0 fully saturated rings. The van der Waals surface area contributed by atoms with Crippen molar-refractivity contribution >= 4 is 20.2 Å². The molecule has 96 valence electrons. The van der Waals surface area contributed by atoms with Crippen molar-refractivity contribution in [3.05, 3.63) is 0 Å². The van der Waals surface area contributed by atoms with Crippen LogP contribution in [0.5, 0.6) is 0 Å². The maximum absolute atomic E-state index is 12.9. The molecule has 0 aliphatic heterocycles. The molecular weight excluding hydrogens is 342 g/mol. The Balaban J connectivity index is 4.10. The van der Waals surface area contributed by atoms with Crippen molar-refractivity contribution in [3.63, 3.8) is 0 Å². The van der Waals surface area contributed by atoms with Crippen LogP contribution in [0.3, 0.4) is 0 Å². The van der Waals surface area contributed by atoms with Gasteiger partial charge in [0.15, 0.2) is 0 Å². The van der Waals surface area contributed by atoms with Gasteiger partial charge >= 0.3 is 97.6 Å². The first-order chi connectivity index (χ1) is 7.41. The van der Waals surface area contributed by atoms with Crippen LogP contribution in [-0.4, -0.2) is 49.7 Å². The molecule has 0 aliphatic rings. The molecule has 0 aromatic carbocycles. The second-order valence-electron chi connectivity index (χ2n) is 3.15. The van der Waals surface area contributed by atoms with Crippen LogP contribution in [0.25, 0.3) is 0 Å². The Morgan fingerprint density at radius 1 is 1.12 bits per heavy atom. The van der Waals surface area contributed by atoms with E-state index in [2.05, 4.69) is 3.07 Å². The van der Waals surface area contributed by atoms with Crippen molar-refractivity contribution in [2.45, 2.75) is 42.7 Å². The first-order valence-electron chi connectivity index (χ1n) is 4.78. The van der Waals surface area contributed by atoms with Crippen molar-refractivity contribution in [1.82, 2.24) is 0 Å². The van der Waals surface area contributed by atoms with E-state index in [1.807, 2.05) is 0 Å². The van der Waals surface area contributed by atoms with Crippen molar-refractivity contribution < 1.29 is 28.1 Å². The molecule has 0 aromatic heterocycles. The molecule has 0 N–H and O–H groups in total. The van der Waals surface area contributed by atoms with E-state index in [0.717, 1.165) is 0 Å². The van der Waals surface area contributed by atoms with E-state index in [4.69, 9.17) is 0 Å². The van der Waals surface area contributed by atoms with E-state index < -0.39 is 43.1 Å². The van der Waals surface area contributed by atoms with Gasteiger partial charge in [-0.2, -0.15) is 0 Å². The van der Waals surface area contributed by atoms with Crippen LogP contribution in [0, 0.1) is 0 Å². The SMILES string of the molecule is CCCC[O][Sn](=[O])[CH](F)C(F)C(F)C(F)F. The summed E-state index contributed by atoms with van der Waals surface area (Å²) in [5.74, 6) is 0. The molecule has 0 aromatic rings. The first-order valence-corrected chi connectivity index (χ1v) is 8.76. The molecule has 3 unspecified atom stereocenters. The Bertz CT molecular complexity index is 217. The Morgan fingerprint density at radius 2 is 1.69 bits per heavy atom. The van der Waals surface area contributed by atoms with E-state index in [-0.39, 0.29) is 6.61 Å². The van der Waals surface area contributed by atoms with Gasteiger partial charge in [-0.3, -0.25) is 0 Å². The minimum absolute atomic E-state index is 0.0203. The predicted molar refractivity (Wildman–Crippen MR) is 48.0 cm³/mol. The first kappa shape index (κ1) is 16.2. The van der Waals surface area contributed by atoms with Gasteiger partial charge in [-0.15, -0.1) is 0 Å². The Kier molecular flexibility index (Phi) is 8.43. The Hall–Kier alpha value is 0.209. The summed E-state index contributed by atoms with van der Waals surface area (Å²) in [6.45, 7) is 1.78. The summed E-state index contributed by atoms with van der Waals surface area (Å²) in [4.78, 5) is 0. The molecule has 0 rings (SSSR count). The van der Waals surface area contributed by atoms with Crippen LogP contribution in [0.15, 0.2) is 0 Å². The molecule has 0 saturated carbocycles. The number of hydrogen-bond acceptors (Lipinski definition) is 2. The molecule has 0 spiro atoms. The van der Waals surface area contributed by atoms with Gasteiger partial charge in [-0.05, 0) is 0 Å². The number of unbranched alkanes of at least 4 members (excludes halogenated alkanes) is 1. The fraction of sp³-hybridized carbons (Fsp3) is 1.00. The summed E-state index contributed by atoms with van der Waals surface area (Å²) in [6.07, 6.45) is -8.75. The van der Waals surface area contributed by atoms with Gasteiger partial charge in [0, 0.05) is 0 Å². The Labute approximate surface area is 97.8 Å². The second-order valence-corrected chi connectivity index (χ2v) is 7.37. The van der Waals surface area contributed by atoms with Gasteiger partial charge in [0.2, 0.25) is 0 Å². The molecular formula is C8H13F5O2Sn. The summed E-state index contributed by atoms with van der Waals surface area (Å²) >= 11 is -4.42. The molecule has 0 bridgehead atoms. The summed E-state index contributed by atoms with van der Waals surface area (Å²) in [7, 11) is 0. The fourth-order valence-corrected chi connectivity index (χ4v) is 3.53. The maximum atomic E-state index is 12.9. The summed E-state index contributed by atoms with van der Waals surface area (Å²) in [6, 6.07) is 0. The van der Waals surface area contributed by atoms with Gasteiger partial charge in [0.1, 0.15) is 0 Å². The quantitative estimate of drug-likeness (QED) is 0.380. The fourth-order valence-electron chi connectivity index (χ4n) is 0.827. The van der Waals surface area contributed by atoms with Crippen LogP contribution in [0.1, 0.15) is 19.8 Å². The predicted octanol–water partition coefficient (Wildman–Crippen LogP) is 2.54. The average Bonchev–Trinajstić information content (AvgIpc) is 2.26. The van der Waals surface area contributed by atoms with Crippen LogP contribution in [0.2, 0.25) is 0 Å². The van der Waals surface area contributed by atoms with E-state index in [0.29, 0.717) is 12.8 Å². The van der Waals surface area contributed by atoms with Crippen LogP contribution < -0.4 is 0 Å². The monoisotopic (exact) mass is 356 g/mol. The van der Waals surface area contributed by atoms with E-state index in [1.54, 1.807) is 6.92 Å². The van der Waals surface area contributed by atoms with Crippen LogP contribution >= 0.6 is 0 Å². The minimum atomic E-state index is -4.42. The molecule has 0 aliphatic carbocycles. The molecule has 16 heavy (non-hydrogen) atoms. The zero-order valence-electron chi connectivity index (χ0n) is 8.64. The van der Waals surface area contributed by atoms with Gasteiger partial charge in [-0.1, -0.05) is 0 Å². The van der Waals surface area contributed by atoms with Crippen LogP contribution in [-0.2, 0) is 6.15 Å². The summed E-state index contributed by atoms with van der Waals surface area (Å²) < 4.78 is 74.3. The van der Waals surface area contributed by atoms with E-state index in [1.165, 1.54) is 0 Å². The standard InChI is InChI=1S/C4H4F5.C4H9O.O.Sn/c5-1-2(6)3(7)4(8)9;1-2-3-4-5;;/h1-4H;2-4H2,1H3;;/q;-1;;+1. The third kappa shape index (κ3) is 5.51. The third-order valence-corrected chi connectivity index (χ3v) is 5.38. The van der Waals surface area contributed by atoms with Crippen molar-refractivity contribution in [2.75, 3.05) is 6.61 Å². The molecule has 0 heterocycles. The van der Waals surface area contributed by atoms with Crippen molar-refractivity contribution in [2.24, 2.45) is 0 Å². The molecule has 3 atom stereocenters. The van der Waals surface area contributed by atoms with Crippen molar-refractivity contribution in [1.29, 1.82) is 0 Å². The zero-order valence-corrected chi connectivity index (χ0v) is 11.5. The average molecular weight is 355 g/mol. The summed E-state index contributed by atoms with van der Waals surface area (Å²) in [5.41, 5.74) is 0. The molecule has 0 radical (unpaired) electrons. The second kappa shape index (κ2) is 8.32.